The number of nitrogens with zero attached hydrogens (tertiary/aromatic N) is 1. The molecular weight excluding hydrogens is 156 g/mol. The average Bonchev–Trinajstić information content (AvgIpc) is 2.17. The highest BCUT2D eigenvalue weighted by atomic mass is 16.5. The number of hydrogen-bond donors (Lipinski definition) is 1. The predicted molar refractivity (Wildman–Crippen MR) is 42.6 cm³/mol. The van der Waals surface area contributed by atoms with Gasteiger partial charge in [-0.2, -0.15) is 5.11 Å². The van der Waals surface area contributed by atoms with Crippen molar-refractivity contribution in [1.82, 2.24) is 0 Å². The number of nitrogens with one attached hydrogen (secondary N) is 1. The molecule has 0 saturated heterocycles. The van der Waals surface area contributed by atoms with E-state index in [2.05, 4.69) is 9.85 Å². The summed E-state index contributed by atoms with van der Waals surface area (Å²) in [6.07, 6.45) is 0. The van der Waals surface area contributed by atoms with Gasteiger partial charge in [0.1, 0.15) is 0 Å². The number of benzene rings is 1. The summed E-state index contributed by atoms with van der Waals surface area (Å²) in [7, 11) is 1.32. The lowest BCUT2D eigenvalue weighted by Crippen LogP contribution is -1.99. The van der Waals surface area contributed by atoms with E-state index in [1.165, 1.54) is 7.11 Å². The smallest absolute Gasteiger partial charge is 0.337 e. The Hall–Kier alpha value is -1.71. The summed E-state index contributed by atoms with van der Waals surface area (Å²) < 4.78 is 4.49. The van der Waals surface area contributed by atoms with Gasteiger partial charge in [-0.3, -0.25) is 0 Å². The molecule has 4 heteroatoms. The molecule has 0 aliphatic heterocycles. The summed E-state index contributed by atoms with van der Waals surface area (Å²) in [5, 5.41) is 3.19. The normalized spacial score (nSPS) is 9.08. The second-order valence-electron chi connectivity index (χ2n) is 2.15. The lowest BCUT2D eigenvalue weighted by Gasteiger charge is -1.97. The number of carbonyl (C=O) groups excluding carboxylic acids is 1. The third-order valence-electron chi connectivity index (χ3n) is 1.42. The van der Waals surface area contributed by atoms with Gasteiger partial charge in [0.25, 0.3) is 0 Å². The van der Waals surface area contributed by atoms with Crippen molar-refractivity contribution < 1.29 is 9.53 Å². The van der Waals surface area contributed by atoms with Crippen molar-refractivity contribution in [3.8, 4) is 0 Å². The van der Waals surface area contributed by atoms with Crippen molar-refractivity contribution in [3.05, 3.63) is 29.8 Å². The number of carbonyl (C=O) groups is 1. The molecule has 0 spiro atoms. The number of hydrogen-bond acceptors (Lipinski definition) is 4. The maximum atomic E-state index is 10.9. The maximum Gasteiger partial charge on any atom is 0.337 e. The summed E-state index contributed by atoms with van der Waals surface area (Å²) >= 11 is 0. The molecule has 0 atom stereocenters. The highest BCUT2D eigenvalue weighted by Gasteiger charge is 2.02. The van der Waals surface area contributed by atoms with Crippen LogP contribution in [-0.4, -0.2) is 13.1 Å². The molecule has 0 aromatic heterocycles. The molecule has 12 heavy (non-hydrogen) atoms. The Morgan fingerprint density at radius 2 is 2.00 bits per heavy atom. The van der Waals surface area contributed by atoms with E-state index in [1.807, 2.05) is 0 Å². The molecule has 0 fully saturated rings. The predicted octanol–water partition coefficient (Wildman–Crippen LogP) is 2.14. The zero-order chi connectivity index (χ0) is 8.97. The minimum atomic E-state index is -0.383. The number of methoxy groups -OCH3 is 1. The van der Waals surface area contributed by atoms with Gasteiger partial charge in [-0.15, -0.1) is 0 Å². The first-order valence-electron chi connectivity index (χ1n) is 3.34. The van der Waals surface area contributed by atoms with Crippen molar-refractivity contribution in [2.24, 2.45) is 5.11 Å². The molecule has 0 bridgehead atoms. The molecule has 0 heterocycles. The number of esters is 1. The van der Waals surface area contributed by atoms with Gasteiger partial charge < -0.3 is 4.74 Å². The maximum absolute atomic E-state index is 10.9. The van der Waals surface area contributed by atoms with Crippen LogP contribution in [0.2, 0.25) is 0 Å². The molecule has 0 amide bonds. The van der Waals surface area contributed by atoms with Gasteiger partial charge in [0, 0.05) is 0 Å². The molecule has 0 saturated carbocycles. The van der Waals surface area contributed by atoms with Crippen LogP contribution in [0.4, 0.5) is 5.69 Å². The molecule has 1 N–H and O–H groups in total. The van der Waals surface area contributed by atoms with Gasteiger partial charge >= 0.3 is 5.97 Å². The molecule has 62 valence electrons. The summed E-state index contributed by atoms with van der Waals surface area (Å²) in [6.45, 7) is 0. The number of rotatable bonds is 2. The van der Waals surface area contributed by atoms with Crippen LogP contribution in [0, 0.1) is 5.53 Å². The van der Waals surface area contributed by atoms with Crippen LogP contribution >= 0.6 is 0 Å². The fourth-order valence-corrected chi connectivity index (χ4v) is 0.790. The Kier molecular flexibility index (Phi) is 2.53. The van der Waals surface area contributed by atoms with Crippen LogP contribution in [0.15, 0.2) is 29.4 Å². The van der Waals surface area contributed by atoms with Crippen LogP contribution in [-0.2, 0) is 4.74 Å². The van der Waals surface area contributed by atoms with Crippen molar-refractivity contribution in [2.45, 2.75) is 0 Å². The highest BCUT2D eigenvalue weighted by molar-refractivity contribution is 5.89. The third kappa shape index (κ3) is 1.66. The first-order chi connectivity index (χ1) is 5.77. The van der Waals surface area contributed by atoms with Crippen molar-refractivity contribution >= 4 is 11.7 Å². The second kappa shape index (κ2) is 3.61. The topological polar surface area (TPSA) is 62.5 Å². The second-order valence-corrected chi connectivity index (χ2v) is 2.15. The minimum Gasteiger partial charge on any atom is -0.465 e. The van der Waals surface area contributed by atoms with Gasteiger partial charge in [-0.25, -0.2) is 10.3 Å². The summed E-state index contributed by atoms with van der Waals surface area (Å²) in [6, 6.07) is 6.30. The minimum absolute atomic E-state index is 0.383. The van der Waals surface area contributed by atoms with Crippen LogP contribution in [0.1, 0.15) is 10.4 Å². The molecule has 1 aromatic rings. The Labute approximate surface area is 69.7 Å². The van der Waals surface area contributed by atoms with E-state index in [0.29, 0.717) is 11.3 Å². The van der Waals surface area contributed by atoms with Crippen LogP contribution in [0.3, 0.4) is 0 Å². The quantitative estimate of drug-likeness (QED) is 0.537. The number of ether oxygens (including phenoxy) is 1. The van der Waals surface area contributed by atoms with Gasteiger partial charge in [0.05, 0.1) is 18.4 Å². The average molecular weight is 164 g/mol. The summed E-state index contributed by atoms with van der Waals surface area (Å²) in [4.78, 5) is 10.9. The Morgan fingerprint density at radius 3 is 2.42 bits per heavy atom. The molecular formula is C8H8N2O2. The Bertz CT molecular complexity index is 292. The fourth-order valence-electron chi connectivity index (χ4n) is 0.790. The highest BCUT2D eigenvalue weighted by Crippen LogP contribution is 2.12. The summed E-state index contributed by atoms with van der Waals surface area (Å²) in [5.74, 6) is -0.383. The lowest BCUT2D eigenvalue weighted by atomic mass is 10.2. The summed E-state index contributed by atoms with van der Waals surface area (Å²) in [5.41, 5.74) is 7.65. The third-order valence-corrected chi connectivity index (χ3v) is 1.42. The molecule has 0 aliphatic rings. The van der Waals surface area contributed by atoms with Gasteiger partial charge in [0.15, 0.2) is 0 Å². The Balaban J connectivity index is 2.91. The molecule has 4 nitrogen and oxygen atoms in total. The van der Waals surface area contributed by atoms with E-state index in [-0.39, 0.29) is 5.97 Å². The zero-order valence-corrected chi connectivity index (χ0v) is 6.57. The van der Waals surface area contributed by atoms with Crippen molar-refractivity contribution in [2.75, 3.05) is 7.11 Å². The van der Waals surface area contributed by atoms with Crippen molar-refractivity contribution in [1.29, 1.82) is 5.53 Å². The molecule has 0 unspecified atom stereocenters. The first kappa shape index (κ1) is 8.39. The van der Waals surface area contributed by atoms with Crippen LogP contribution in [0.25, 0.3) is 0 Å². The van der Waals surface area contributed by atoms with E-state index >= 15 is 0 Å². The van der Waals surface area contributed by atoms with E-state index in [0.717, 1.165) is 0 Å². The largest absolute Gasteiger partial charge is 0.465 e. The van der Waals surface area contributed by atoms with Gasteiger partial charge in [-0.05, 0) is 24.3 Å². The standard InChI is InChI=1S/C8H8N2O2/c1-12-8(11)6-2-4-7(10-9)5-3-6/h2-5,9H,1H3. The molecule has 0 radical (unpaired) electrons. The Morgan fingerprint density at radius 1 is 1.42 bits per heavy atom. The molecule has 1 rings (SSSR count). The molecule has 1 aromatic carbocycles. The fraction of sp³-hybridized carbons (Fsp3) is 0.125. The van der Waals surface area contributed by atoms with Crippen molar-refractivity contribution in [3.63, 3.8) is 0 Å². The lowest BCUT2D eigenvalue weighted by molar-refractivity contribution is 0.0601. The van der Waals surface area contributed by atoms with Crippen LogP contribution < -0.4 is 0 Å². The van der Waals surface area contributed by atoms with Crippen LogP contribution in [0.5, 0.6) is 0 Å². The monoisotopic (exact) mass is 164 g/mol. The SMILES string of the molecule is COC(=O)c1ccc(N=N)cc1. The van der Waals surface area contributed by atoms with Gasteiger partial charge in [0.2, 0.25) is 0 Å². The van der Waals surface area contributed by atoms with E-state index < -0.39 is 0 Å². The first-order valence-corrected chi connectivity index (χ1v) is 3.34. The van der Waals surface area contributed by atoms with E-state index in [1.54, 1.807) is 24.3 Å². The molecule has 0 aliphatic carbocycles. The zero-order valence-electron chi connectivity index (χ0n) is 6.57. The van der Waals surface area contributed by atoms with Gasteiger partial charge in [-0.1, -0.05) is 0 Å². The van der Waals surface area contributed by atoms with E-state index in [9.17, 15) is 4.79 Å². The van der Waals surface area contributed by atoms with E-state index in [4.69, 9.17) is 5.53 Å².